The molecule has 0 aliphatic carbocycles. The topological polar surface area (TPSA) is 347 Å². The van der Waals surface area contributed by atoms with Crippen LogP contribution in [0.2, 0.25) is 0 Å². The van der Waals surface area contributed by atoms with E-state index >= 15 is 0 Å². The van der Waals surface area contributed by atoms with Crippen LogP contribution in [0.4, 0.5) is 11.4 Å². The van der Waals surface area contributed by atoms with Crippen LogP contribution in [0.1, 0.15) is 47.9 Å². The zero-order chi connectivity index (χ0) is 44.5. The summed E-state index contributed by atoms with van der Waals surface area (Å²) in [6.45, 7) is -1.27. The lowest BCUT2D eigenvalue weighted by molar-refractivity contribution is -0.147. The zero-order valence-corrected chi connectivity index (χ0v) is 42.8. The van der Waals surface area contributed by atoms with Crippen molar-refractivity contribution in [1.29, 1.82) is 0 Å². The minimum absolute atomic E-state index is 0.0561. The largest absolute Gasteiger partial charge is 0.481 e. The second-order valence-electron chi connectivity index (χ2n) is 11.2. The van der Waals surface area contributed by atoms with Gasteiger partial charge in [0.2, 0.25) is 0 Å². The molecule has 2 unspecified atom stereocenters. The summed E-state index contributed by atoms with van der Waals surface area (Å²) in [5.74, 6) is -4.32. The summed E-state index contributed by atoms with van der Waals surface area (Å²) >= 11 is 11.6. The van der Waals surface area contributed by atoms with Crippen molar-refractivity contribution >= 4 is 182 Å². The Morgan fingerprint density at radius 2 is 0.842 bits per heavy atom. The average molecular weight is 1480 g/mol. The molecule has 0 heterocycles. The number of nitrogen functional groups attached to an aromatic ring is 2. The fourth-order valence-electron chi connectivity index (χ4n) is 4.08. The minimum atomic E-state index is -1.31. The summed E-state index contributed by atoms with van der Waals surface area (Å²) in [6.07, 6.45) is -2.92. The standard InChI is InChI=1S/2C14H18I3N3O5.C3H4O4/c2*1-20(4-6(23)5-22)14(25)8-9(15)7(13(24)19-2-3-21)10(16)12(18)11(8)17;4-2(5)1-3(6)7/h2*6,21-23H,2-5,18H2,1H3,(H,19,24);1H2,(H,4,5)(H,6,7). The van der Waals surface area contributed by atoms with Gasteiger partial charge in [-0.1, -0.05) is 0 Å². The number of anilines is 2. The number of aliphatic hydroxyl groups excluding tert-OH is 6. The first kappa shape index (κ1) is 56.0. The predicted molar refractivity (Wildman–Crippen MR) is 257 cm³/mol. The SMILES string of the molecule is CN(CC(O)CO)C(=O)c1c(I)c(N)c(I)c(C(=O)NCCO)c1I.CN(CC(O)CO)C(=O)c1c(I)c(N)c(I)c(C(=O)NCCO)c1I.O=C(O)CC(=O)O. The number of amides is 4. The Bertz CT molecular complexity index is 1670. The Labute approximate surface area is 408 Å². The van der Waals surface area contributed by atoms with E-state index in [1.165, 1.54) is 23.9 Å². The predicted octanol–water partition coefficient (Wildman–Crippen LogP) is 0.00550. The van der Waals surface area contributed by atoms with E-state index < -0.39 is 67.4 Å². The fourth-order valence-corrected chi connectivity index (χ4v) is 12.3. The van der Waals surface area contributed by atoms with Crippen molar-refractivity contribution < 1.29 is 69.6 Å². The summed E-state index contributed by atoms with van der Waals surface area (Å²) in [4.78, 5) is 71.7. The van der Waals surface area contributed by atoms with Gasteiger partial charge in [0.25, 0.3) is 23.6 Å². The van der Waals surface area contributed by atoms with Crippen LogP contribution in [0.3, 0.4) is 0 Å². The third-order valence-corrected chi connectivity index (χ3v) is 13.4. The van der Waals surface area contributed by atoms with Gasteiger partial charge in [-0.3, -0.25) is 28.8 Å². The normalized spacial score (nSPS) is 11.5. The van der Waals surface area contributed by atoms with Crippen LogP contribution < -0.4 is 22.1 Å². The molecule has 0 radical (unpaired) electrons. The Hall–Kier alpha value is -1.00. The van der Waals surface area contributed by atoms with Gasteiger partial charge in [-0.05, 0) is 136 Å². The minimum Gasteiger partial charge on any atom is -0.481 e. The Kier molecular flexibility index (Phi) is 27.3. The highest BCUT2D eigenvalue weighted by Crippen LogP contribution is 2.35. The molecule has 2 aromatic rings. The maximum atomic E-state index is 12.8. The molecule has 0 aliphatic rings. The number of nitrogens with two attached hydrogens (primary N) is 2. The summed E-state index contributed by atoms with van der Waals surface area (Å²) in [6, 6.07) is 0. The maximum Gasteiger partial charge on any atom is 0.314 e. The molecule has 57 heavy (non-hydrogen) atoms. The molecular formula is C31H40I6N6O14. The first-order chi connectivity index (χ1) is 26.5. The number of nitrogens with one attached hydrogen (secondary N) is 2. The lowest BCUT2D eigenvalue weighted by Gasteiger charge is -2.23. The molecule has 2 aromatic carbocycles. The van der Waals surface area contributed by atoms with Gasteiger partial charge >= 0.3 is 11.9 Å². The van der Waals surface area contributed by atoms with Crippen LogP contribution >= 0.6 is 136 Å². The number of rotatable bonds is 16. The van der Waals surface area contributed by atoms with Crippen LogP contribution in [0.25, 0.3) is 0 Å². The Morgan fingerprint density at radius 3 is 1.07 bits per heavy atom. The van der Waals surface area contributed by atoms with E-state index in [4.69, 9.17) is 42.1 Å². The number of carbonyl (C=O) groups excluding carboxylic acids is 4. The number of nitrogens with zero attached hydrogens (tertiary/aromatic N) is 2. The summed E-state index contributed by atoms with van der Waals surface area (Å²) < 4.78 is 2.95. The van der Waals surface area contributed by atoms with Crippen LogP contribution in [0.5, 0.6) is 0 Å². The van der Waals surface area contributed by atoms with Crippen molar-refractivity contribution in [1.82, 2.24) is 20.4 Å². The number of carbonyl (C=O) groups is 6. The van der Waals surface area contributed by atoms with Crippen molar-refractivity contribution in [2.75, 3.05) is 78.2 Å². The summed E-state index contributed by atoms with van der Waals surface area (Å²) in [5, 5.41) is 75.2. The van der Waals surface area contributed by atoms with E-state index in [-0.39, 0.29) is 61.6 Å². The van der Waals surface area contributed by atoms with Crippen molar-refractivity contribution in [3.05, 3.63) is 43.7 Å². The maximum absolute atomic E-state index is 12.8. The Morgan fingerprint density at radius 1 is 0.561 bits per heavy atom. The highest BCUT2D eigenvalue weighted by atomic mass is 127. The van der Waals surface area contributed by atoms with Crippen molar-refractivity contribution in [2.45, 2.75) is 18.6 Å². The van der Waals surface area contributed by atoms with E-state index in [1.54, 1.807) is 0 Å². The van der Waals surface area contributed by atoms with Crippen molar-refractivity contribution in [2.24, 2.45) is 0 Å². The fraction of sp³-hybridized carbons (Fsp3) is 0.419. The monoisotopic (exact) mass is 1480 g/mol. The smallest absolute Gasteiger partial charge is 0.314 e. The molecule has 2 atom stereocenters. The highest BCUT2D eigenvalue weighted by molar-refractivity contribution is 14.1. The average Bonchev–Trinajstić information content (AvgIpc) is 3.14. The second-order valence-corrected chi connectivity index (χ2v) is 17.7. The summed E-state index contributed by atoms with van der Waals surface area (Å²) in [5.41, 5.74) is 13.9. The molecule has 14 N–H and O–H groups in total. The zero-order valence-electron chi connectivity index (χ0n) is 29.9. The molecule has 0 saturated carbocycles. The number of aliphatic carboxylic acids is 2. The number of hydrogen-bond donors (Lipinski definition) is 12. The molecule has 0 spiro atoms. The van der Waals surface area contributed by atoms with Gasteiger partial charge in [-0.15, -0.1) is 0 Å². The van der Waals surface area contributed by atoms with Crippen LogP contribution in [0.15, 0.2) is 0 Å². The molecule has 320 valence electrons. The number of aliphatic hydroxyl groups is 6. The van der Waals surface area contributed by atoms with Gasteiger partial charge in [-0.2, -0.15) is 0 Å². The molecular weight excluding hydrogens is 1440 g/mol. The third-order valence-electron chi connectivity index (χ3n) is 6.76. The first-order valence-corrected chi connectivity index (χ1v) is 22.2. The molecule has 2 rings (SSSR count). The molecule has 0 aromatic heterocycles. The summed E-state index contributed by atoms with van der Waals surface area (Å²) in [7, 11) is 2.99. The molecule has 0 aliphatic heterocycles. The number of benzene rings is 2. The number of likely N-dealkylation sites (N-methyl/N-ethyl adjacent to an activating group) is 2. The third kappa shape index (κ3) is 17.1. The highest BCUT2D eigenvalue weighted by Gasteiger charge is 2.30. The Balaban J connectivity index is 0.000000942. The number of halogens is 6. The van der Waals surface area contributed by atoms with Gasteiger partial charge in [0, 0.05) is 47.4 Å². The second kappa shape index (κ2) is 27.8. The lowest BCUT2D eigenvalue weighted by atomic mass is 10.1. The molecule has 0 fully saturated rings. The molecule has 0 bridgehead atoms. The molecule has 20 nitrogen and oxygen atoms in total. The van der Waals surface area contributed by atoms with Gasteiger partial charge < -0.3 is 72.8 Å². The van der Waals surface area contributed by atoms with Gasteiger partial charge in [0.05, 0.1) is 86.5 Å². The van der Waals surface area contributed by atoms with Crippen LogP contribution in [-0.2, 0) is 9.59 Å². The van der Waals surface area contributed by atoms with Crippen molar-refractivity contribution in [3.63, 3.8) is 0 Å². The lowest BCUT2D eigenvalue weighted by Crippen LogP contribution is -2.37. The van der Waals surface area contributed by atoms with Gasteiger partial charge in [-0.25, -0.2) is 0 Å². The number of carboxylic acids is 2. The molecule has 4 amide bonds. The quantitative estimate of drug-likeness (QED) is 0.0598. The van der Waals surface area contributed by atoms with E-state index in [0.29, 0.717) is 32.8 Å². The van der Waals surface area contributed by atoms with Gasteiger partial charge in [0.1, 0.15) is 6.42 Å². The number of hydrogen-bond acceptors (Lipinski definition) is 14. The van der Waals surface area contributed by atoms with E-state index in [9.17, 15) is 39.0 Å². The van der Waals surface area contributed by atoms with E-state index in [2.05, 4.69) is 10.6 Å². The van der Waals surface area contributed by atoms with E-state index in [0.717, 1.165) is 0 Å². The van der Waals surface area contributed by atoms with E-state index in [1.807, 2.05) is 136 Å². The number of carboxylic acid groups (broad SMARTS) is 2. The van der Waals surface area contributed by atoms with Crippen LogP contribution in [0, 0.1) is 21.4 Å². The molecule has 0 saturated heterocycles. The van der Waals surface area contributed by atoms with Crippen LogP contribution in [-0.4, -0.2) is 165 Å². The molecule has 26 heteroatoms. The van der Waals surface area contributed by atoms with Crippen molar-refractivity contribution in [3.8, 4) is 0 Å². The van der Waals surface area contributed by atoms with Gasteiger partial charge in [0.15, 0.2) is 0 Å². The first-order valence-electron chi connectivity index (χ1n) is 15.7.